The van der Waals surface area contributed by atoms with Crippen LogP contribution in [0.25, 0.3) is 0 Å². The molecule has 1 aromatic carbocycles. The maximum Gasteiger partial charge on any atom is 0.266 e. The van der Waals surface area contributed by atoms with Gasteiger partial charge in [0.05, 0.1) is 5.56 Å². The number of fused-ring (bicyclic) bond motifs is 1. The molecule has 1 amide bonds. The molecule has 0 atom stereocenters. The second-order valence-electron chi connectivity index (χ2n) is 2.80. The first-order valence-electron chi connectivity index (χ1n) is 3.80. The Kier molecular flexibility index (Phi) is 2.04. The average Bonchev–Trinajstić information content (AvgIpc) is 2.37. The number of carbonyl (C=O) groups is 1. The highest BCUT2D eigenvalue weighted by Gasteiger charge is 2.32. The lowest BCUT2D eigenvalue weighted by Gasteiger charge is -1.97. The quantitative estimate of drug-likeness (QED) is 0.725. The fourth-order valence-electron chi connectivity index (χ4n) is 1.28. The second-order valence-corrected chi connectivity index (χ2v) is 5.33. The summed E-state index contributed by atoms with van der Waals surface area (Å²) in [6, 6.07) is 4.72. The van der Waals surface area contributed by atoms with Crippen molar-refractivity contribution in [1.82, 2.24) is 4.72 Å². The number of sulfonamides is 1. The van der Waals surface area contributed by atoms with Crippen LogP contribution < -0.4 is 4.72 Å². The van der Waals surface area contributed by atoms with Crippen LogP contribution in [0.5, 0.6) is 0 Å². The first kappa shape index (κ1) is 9.54. The van der Waals surface area contributed by atoms with Crippen molar-refractivity contribution >= 4 is 27.7 Å². The normalized spacial score (nSPS) is 17.6. The third-order valence-corrected chi connectivity index (χ3v) is 4.06. The predicted octanol–water partition coefficient (Wildman–Crippen LogP) is 0.841. The van der Waals surface area contributed by atoms with Gasteiger partial charge in [-0.1, -0.05) is 0 Å². The highest BCUT2D eigenvalue weighted by Crippen LogP contribution is 2.26. The molecule has 1 aliphatic rings. The smallest absolute Gasteiger partial charge is 0.266 e. The summed E-state index contributed by atoms with van der Waals surface area (Å²) in [7, 11) is -3.59. The monoisotopic (exact) mass is 229 g/mol. The molecule has 0 fully saturated rings. The molecule has 1 aliphatic heterocycles. The molecule has 0 saturated heterocycles. The number of hydrogen-bond donors (Lipinski definition) is 1. The van der Waals surface area contributed by atoms with Crippen molar-refractivity contribution in [3.05, 3.63) is 23.8 Å². The first-order chi connectivity index (χ1) is 6.54. The van der Waals surface area contributed by atoms with Gasteiger partial charge in [-0.25, -0.2) is 13.1 Å². The molecule has 0 saturated carbocycles. The Morgan fingerprint density at radius 2 is 2.07 bits per heavy atom. The van der Waals surface area contributed by atoms with Crippen LogP contribution in [0.15, 0.2) is 28.0 Å². The van der Waals surface area contributed by atoms with E-state index in [0.29, 0.717) is 0 Å². The molecule has 74 valence electrons. The molecule has 1 heterocycles. The molecule has 1 N–H and O–H groups in total. The van der Waals surface area contributed by atoms with Crippen molar-refractivity contribution in [2.45, 2.75) is 9.79 Å². The maximum absolute atomic E-state index is 11.3. The summed E-state index contributed by atoms with van der Waals surface area (Å²) in [5, 5.41) is 0. The van der Waals surface area contributed by atoms with E-state index in [1.807, 2.05) is 11.0 Å². The first-order valence-corrected chi connectivity index (χ1v) is 6.50. The molecule has 0 spiro atoms. The molecule has 14 heavy (non-hydrogen) atoms. The van der Waals surface area contributed by atoms with Crippen LogP contribution in [0, 0.1) is 0 Å². The molecule has 0 aromatic heterocycles. The van der Waals surface area contributed by atoms with Crippen LogP contribution >= 0.6 is 11.8 Å². The van der Waals surface area contributed by atoms with Crippen LogP contribution in [0.3, 0.4) is 0 Å². The lowest BCUT2D eigenvalue weighted by atomic mass is 10.2. The Balaban J connectivity index is 2.70. The molecule has 1 aromatic rings. The predicted molar refractivity (Wildman–Crippen MR) is 52.9 cm³/mol. The zero-order valence-electron chi connectivity index (χ0n) is 7.27. The number of hydrogen-bond acceptors (Lipinski definition) is 4. The van der Waals surface area contributed by atoms with Crippen LogP contribution in [-0.2, 0) is 10.0 Å². The number of carbonyl (C=O) groups excluding carboxylic acids is 1. The summed E-state index contributed by atoms with van der Waals surface area (Å²) in [5.74, 6) is -0.545. The van der Waals surface area contributed by atoms with E-state index in [0.717, 1.165) is 4.90 Å². The van der Waals surface area contributed by atoms with E-state index in [9.17, 15) is 13.2 Å². The van der Waals surface area contributed by atoms with Crippen LogP contribution in [0.4, 0.5) is 0 Å². The van der Waals surface area contributed by atoms with E-state index >= 15 is 0 Å². The van der Waals surface area contributed by atoms with Crippen molar-refractivity contribution in [2.24, 2.45) is 0 Å². The zero-order chi connectivity index (χ0) is 10.3. The molecule has 6 heteroatoms. The summed E-state index contributed by atoms with van der Waals surface area (Å²) in [4.78, 5) is 12.2. The minimum absolute atomic E-state index is 0.0697. The lowest BCUT2D eigenvalue weighted by molar-refractivity contribution is 0.0985. The number of rotatable bonds is 1. The topological polar surface area (TPSA) is 63.2 Å². The Morgan fingerprint density at radius 3 is 2.71 bits per heavy atom. The summed E-state index contributed by atoms with van der Waals surface area (Å²) < 4.78 is 24.6. The van der Waals surface area contributed by atoms with Gasteiger partial charge in [0.2, 0.25) is 0 Å². The fourth-order valence-corrected chi connectivity index (χ4v) is 2.87. The van der Waals surface area contributed by atoms with E-state index < -0.39 is 15.9 Å². The minimum Gasteiger partial charge on any atom is -0.268 e. The molecular formula is C8H7NO3S2. The zero-order valence-corrected chi connectivity index (χ0v) is 8.91. The standard InChI is InChI=1S/C8H7NO3S2/c1-13-5-2-3-7-6(4-5)8(10)9-14(7,11)12/h2-4H,1H3,(H,9,10). The van der Waals surface area contributed by atoms with Gasteiger partial charge in [0.1, 0.15) is 4.90 Å². The molecule has 0 radical (unpaired) electrons. The van der Waals surface area contributed by atoms with Crippen molar-refractivity contribution in [3.8, 4) is 0 Å². The second kappa shape index (κ2) is 2.99. The van der Waals surface area contributed by atoms with Crippen LogP contribution in [0.1, 0.15) is 10.4 Å². The highest BCUT2D eigenvalue weighted by atomic mass is 32.2. The van der Waals surface area contributed by atoms with E-state index in [1.165, 1.54) is 17.8 Å². The van der Waals surface area contributed by atoms with E-state index in [2.05, 4.69) is 0 Å². The van der Waals surface area contributed by atoms with E-state index in [4.69, 9.17) is 0 Å². The summed E-state index contributed by atoms with van der Waals surface area (Å²) in [5.41, 5.74) is 0.233. The Bertz CT molecular complexity index is 507. The Hall–Kier alpha value is -1.01. The highest BCUT2D eigenvalue weighted by molar-refractivity contribution is 7.98. The largest absolute Gasteiger partial charge is 0.268 e. The molecule has 0 aliphatic carbocycles. The summed E-state index contributed by atoms with van der Waals surface area (Å²) in [6.07, 6.45) is 1.86. The SMILES string of the molecule is CSc1ccc2c(c1)C(=O)NS2(=O)=O. The van der Waals surface area contributed by atoms with Crippen LogP contribution in [0.2, 0.25) is 0 Å². The molecule has 0 bridgehead atoms. The number of nitrogens with one attached hydrogen (secondary N) is 1. The fraction of sp³-hybridized carbons (Fsp3) is 0.125. The van der Waals surface area contributed by atoms with Gasteiger partial charge in [-0.05, 0) is 24.5 Å². The number of amides is 1. The van der Waals surface area contributed by atoms with Gasteiger partial charge in [0, 0.05) is 4.90 Å². The van der Waals surface area contributed by atoms with Gasteiger partial charge < -0.3 is 0 Å². The molecule has 4 nitrogen and oxygen atoms in total. The van der Waals surface area contributed by atoms with Gasteiger partial charge in [-0.2, -0.15) is 0 Å². The number of benzene rings is 1. The summed E-state index contributed by atoms with van der Waals surface area (Å²) >= 11 is 1.46. The van der Waals surface area contributed by atoms with Gasteiger partial charge in [0.15, 0.2) is 0 Å². The minimum atomic E-state index is -3.59. The third kappa shape index (κ3) is 1.31. The van der Waals surface area contributed by atoms with Gasteiger partial charge in [0.25, 0.3) is 15.9 Å². The molecular weight excluding hydrogens is 222 g/mol. The van der Waals surface area contributed by atoms with Crippen molar-refractivity contribution in [1.29, 1.82) is 0 Å². The number of thioether (sulfide) groups is 1. The average molecular weight is 229 g/mol. The van der Waals surface area contributed by atoms with E-state index in [1.54, 1.807) is 12.1 Å². The van der Waals surface area contributed by atoms with Gasteiger partial charge >= 0.3 is 0 Å². The van der Waals surface area contributed by atoms with Gasteiger partial charge in [-0.3, -0.25) is 4.79 Å². The molecule has 2 rings (SSSR count). The van der Waals surface area contributed by atoms with E-state index in [-0.39, 0.29) is 10.5 Å². The van der Waals surface area contributed by atoms with Crippen molar-refractivity contribution in [2.75, 3.05) is 6.26 Å². The van der Waals surface area contributed by atoms with Crippen molar-refractivity contribution < 1.29 is 13.2 Å². The van der Waals surface area contributed by atoms with Gasteiger partial charge in [-0.15, -0.1) is 11.8 Å². The Morgan fingerprint density at radius 1 is 1.36 bits per heavy atom. The van der Waals surface area contributed by atoms with Crippen molar-refractivity contribution in [3.63, 3.8) is 0 Å². The third-order valence-electron chi connectivity index (χ3n) is 1.95. The maximum atomic E-state index is 11.3. The lowest BCUT2D eigenvalue weighted by Crippen LogP contribution is -2.20. The Labute approximate surface area is 85.8 Å². The summed E-state index contributed by atoms with van der Waals surface area (Å²) in [6.45, 7) is 0. The van der Waals surface area contributed by atoms with Crippen LogP contribution in [-0.4, -0.2) is 20.6 Å². The molecule has 0 unspecified atom stereocenters.